The van der Waals surface area contributed by atoms with Crippen molar-refractivity contribution in [3.63, 3.8) is 0 Å². The average molecular weight is 285 g/mol. The van der Waals surface area contributed by atoms with Gasteiger partial charge in [-0.1, -0.05) is 11.3 Å². The molecule has 3 nitrogen and oxygen atoms in total. The van der Waals surface area contributed by atoms with Gasteiger partial charge in [-0.2, -0.15) is 11.8 Å². The normalized spacial score (nSPS) is 20.6. The molecule has 0 spiro atoms. The fraction of sp³-hybridized carbons (Fsp3) is 0.769. The summed E-state index contributed by atoms with van der Waals surface area (Å²) in [6, 6.07) is 1.06. The minimum atomic E-state index is 0.518. The van der Waals surface area contributed by atoms with Gasteiger partial charge in [0.05, 0.1) is 5.69 Å². The van der Waals surface area contributed by atoms with E-state index in [0.29, 0.717) is 12.1 Å². The standard InChI is InChI=1S/C13H23N3S2/c1-9(8-17-4)16(3)13-15-11-7-5-6-10(14-2)12(11)18-13/h9-10,14H,5-8H2,1-4H3. The minimum Gasteiger partial charge on any atom is -0.348 e. The summed E-state index contributed by atoms with van der Waals surface area (Å²) in [5.74, 6) is 1.15. The van der Waals surface area contributed by atoms with Crippen molar-refractivity contribution in [2.45, 2.75) is 38.3 Å². The first kappa shape index (κ1) is 14.2. The summed E-state index contributed by atoms with van der Waals surface area (Å²) in [7, 11) is 4.22. The van der Waals surface area contributed by atoms with Crippen LogP contribution in [0.15, 0.2) is 0 Å². The second-order valence-corrected chi connectivity index (χ2v) is 6.88. The molecular weight excluding hydrogens is 262 g/mol. The summed E-state index contributed by atoms with van der Waals surface area (Å²) in [4.78, 5) is 8.63. The highest BCUT2D eigenvalue weighted by atomic mass is 32.2. The third-order valence-electron chi connectivity index (χ3n) is 3.66. The fourth-order valence-electron chi connectivity index (χ4n) is 2.37. The molecule has 2 atom stereocenters. The molecule has 0 aromatic carbocycles. The van der Waals surface area contributed by atoms with Crippen molar-refractivity contribution in [1.82, 2.24) is 10.3 Å². The van der Waals surface area contributed by atoms with Crippen LogP contribution in [0.5, 0.6) is 0 Å². The maximum absolute atomic E-state index is 4.85. The van der Waals surface area contributed by atoms with Gasteiger partial charge < -0.3 is 10.2 Å². The molecule has 2 unspecified atom stereocenters. The molecule has 18 heavy (non-hydrogen) atoms. The SMILES string of the molecule is CNC1CCCc2nc(N(C)C(C)CSC)sc21. The third kappa shape index (κ3) is 2.83. The molecule has 0 amide bonds. The van der Waals surface area contributed by atoms with E-state index in [1.54, 1.807) is 0 Å². The number of anilines is 1. The molecule has 0 radical (unpaired) electrons. The molecule has 102 valence electrons. The lowest BCUT2D eigenvalue weighted by atomic mass is 9.98. The lowest BCUT2D eigenvalue weighted by Crippen LogP contribution is -2.30. The maximum atomic E-state index is 4.85. The average Bonchev–Trinajstić information content (AvgIpc) is 2.81. The molecule has 2 rings (SSSR count). The Morgan fingerprint density at radius 2 is 2.39 bits per heavy atom. The fourth-order valence-corrected chi connectivity index (χ4v) is 4.40. The van der Waals surface area contributed by atoms with Gasteiger partial charge in [0.2, 0.25) is 0 Å². The van der Waals surface area contributed by atoms with Crippen molar-refractivity contribution in [1.29, 1.82) is 0 Å². The zero-order chi connectivity index (χ0) is 13.1. The Kier molecular flexibility index (Phi) is 4.92. The number of hydrogen-bond acceptors (Lipinski definition) is 5. The highest BCUT2D eigenvalue weighted by Gasteiger charge is 2.25. The highest BCUT2D eigenvalue weighted by molar-refractivity contribution is 7.98. The number of aryl methyl sites for hydroxylation is 1. The van der Waals surface area contributed by atoms with Gasteiger partial charge in [0, 0.05) is 29.8 Å². The van der Waals surface area contributed by atoms with Gasteiger partial charge in [-0.3, -0.25) is 0 Å². The van der Waals surface area contributed by atoms with Crippen LogP contribution in [0, 0.1) is 0 Å². The Morgan fingerprint density at radius 1 is 1.61 bits per heavy atom. The largest absolute Gasteiger partial charge is 0.348 e. The molecule has 1 aliphatic rings. The number of hydrogen-bond donors (Lipinski definition) is 1. The van der Waals surface area contributed by atoms with Crippen molar-refractivity contribution in [2.75, 3.05) is 31.0 Å². The lowest BCUT2D eigenvalue weighted by molar-refractivity contribution is 0.501. The van der Waals surface area contributed by atoms with E-state index in [1.807, 2.05) is 23.1 Å². The molecular formula is C13H23N3S2. The summed E-state index contributed by atoms with van der Waals surface area (Å²) in [5.41, 5.74) is 1.32. The molecule has 0 saturated heterocycles. The summed E-state index contributed by atoms with van der Waals surface area (Å²) in [6.45, 7) is 2.27. The van der Waals surface area contributed by atoms with Crippen LogP contribution < -0.4 is 10.2 Å². The number of fused-ring (bicyclic) bond motifs is 1. The zero-order valence-electron chi connectivity index (χ0n) is 11.7. The number of thiazole rings is 1. The Morgan fingerprint density at radius 3 is 3.06 bits per heavy atom. The summed E-state index contributed by atoms with van der Waals surface area (Å²) >= 11 is 3.77. The van der Waals surface area contributed by atoms with Gasteiger partial charge in [-0.05, 0) is 39.5 Å². The Hall–Kier alpha value is -0.260. The van der Waals surface area contributed by atoms with Gasteiger partial charge in [0.25, 0.3) is 0 Å². The predicted molar refractivity (Wildman–Crippen MR) is 83.1 cm³/mol. The Bertz CT molecular complexity index is 392. The second kappa shape index (κ2) is 6.26. The van der Waals surface area contributed by atoms with E-state index in [0.717, 1.165) is 12.2 Å². The number of nitrogens with one attached hydrogen (secondary N) is 1. The van der Waals surface area contributed by atoms with E-state index in [1.165, 1.54) is 28.5 Å². The molecule has 0 saturated carbocycles. The van der Waals surface area contributed by atoms with Crippen LogP contribution in [0.1, 0.15) is 36.4 Å². The van der Waals surface area contributed by atoms with E-state index < -0.39 is 0 Å². The molecule has 5 heteroatoms. The van der Waals surface area contributed by atoms with E-state index in [4.69, 9.17) is 4.98 Å². The number of nitrogens with zero attached hydrogens (tertiary/aromatic N) is 2. The van der Waals surface area contributed by atoms with Crippen molar-refractivity contribution in [2.24, 2.45) is 0 Å². The van der Waals surface area contributed by atoms with E-state index in [9.17, 15) is 0 Å². The van der Waals surface area contributed by atoms with Crippen molar-refractivity contribution < 1.29 is 0 Å². The van der Waals surface area contributed by atoms with E-state index >= 15 is 0 Å². The smallest absolute Gasteiger partial charge is 0.185 e. The van der Waals surface area contributed by atoms with Crippen LogP contribution in [-0.2, 0) is 6.42 Å². The van der Waals surface area contributed by atoms with Crippen LogP contribution in [0.4, 0.5) is 5.13 Å². The Balaban J connectivity index is 2.18. The van der Waals surface area contributed by atoms with Gasteiger partial charge in [-0.25, -0.2) is 4.98 Å². The van der Waals surface area contributed by atoms with Gasteiger partial charge in [-0.15, -0.1) is 0 Å². The molecule has 1 aromatic heterocycles. The van der Waals surface area contributed by atoms with Crippen molar-refractivity contribution in [3.05, 3.63) is 10.6 Å². The summed E-state index contributed by atoms with van der Waals surface area (Å²) in [5, 5.41) is 4.60. The monoisotopic (exact) mass is 285 g/mol. The van der Waals surface area contributed by atoms with Crippen LogP contribution in [0.25, 0.3) is 0 Å². The molecule has 0 fully saturated rings. The Labute approximate surface area is 118 Å². The van der Waals surface area contributed by atoms with Crippen LogP contribution in [0.3, 0.4) is 0 Å². The zero-order valence-corrected chi connectivity index (χ0v) is 13.3. The quantitative estimate of drug-likeness (QED) is 0.900. The van der Waals surface area contributed by atoms with Crippen LogP contribution in [-0.4, -0.2) is 37.1 Å². The van der Waals surface area contributed by atoms with Crippen molar-refractivity contribution >= 4 is 28.2 Å². The molecule has 0 bridgehead atoms. The number of rotatable bonds is 5. The van der Waals surface area contributed by atoms with Crippen molar-refractivity contribution in [3.8, 4) is 0 Å². The first-order valence-electron chi connectivity index (χ1n) is 6.56. The molecule has 1 heterocycles. The topological polar surface area (TPSA) is 28.2 Å². The summed E-state index contributed by atoms with van der Waals surface area (Å²) in [6.07, 6.45) is 5.81. The maximum Gasteiger partial charge on any atom is 0.185 e. The third-order valence-corrected chi connectivity index (χ3v) is 5.78. The van der Waals surface area contributed by atoms with Crippen LogP contribution >= 0.6 is 23.1 Å². The van der Waals surface area contributed by atoms with Gasteiger partial charge in [0.1, 0.15) is 0 Å². The van der Waals surface area contributed by atoms with Gasteiger partial charge >= 0.3 is 0 Å². The molecule has 0 aliphatic heterocycles. The lowest BCUT2D eigenvalue weighted by Gasteiger charge is -2.23. The van der Waals surface area contributed by atoms with Gasteiger partial charge in [0.15, 0.2) is 5.13 Å². The summed E-state index contributed by atoms with van der Waals surface area (Å²) < 4.78 is 0. The first-order chi connectivity index (χ1) is 8.67. The van der Waals surface area contributed by atoms with E-state index in [2.05, 4.69) is 37.5 Å². The van der Waals surface area contributed by atoms with Crippen LogP contribution in [0.2, 0.25) is 0 Å². The minimum absolute atomic E-state index is 0.518. The first-order valence-corrected chi connectivity index (χ1v) is 8.77. The van der Waals surface area contributed by atoms with E-state index in [-0.39, 0.29) is 0 Å². The highest BCUT2D eigenvalue weighted by Crippen LogP contribution is 2.37. The molecule has 1 aliphatic carbocycles. The molecule has 1 aromatic rings. The number of aromatic nitrogens is 1. The predicted octanol–water partition coefficient (Wildman–Crippen LogP) is 2.93. The number of thioether (sulfide) groups is 1. The second-order valence-electron chi connectivity index (χ2n) is 4.96. The molecule has 1 N–H and O–H groups in total.